The Morgan fingerprint density at radius 2 is 1.88 bits per heavy atom. The van der Waals surface area contributed by atoms with Crippen molar-refractivity contribution in [1.29, 1.82) is 0 Å². The Morgan fingerprint density at radius 1 is 1.27 bits per heavy atom. The molecule has 2 rings (SSSR count). The van der Waals surface area contributed by atoms with Gasteiger partial charge >= 0.3 is 6.18 Å². The molecule has 8 heteroatoms. The molecule has 1 atom stereocenters. The Bertz CT molecular complexity index is 671. The van der Waals surface area contributed by atoms with E-state index in [9.17, 15) is 23.1 Å². The maximum absolute atomic E-state index is 13.5. The second-order valence-corrected chi connectivity index (χ2v) is 6.67. The SMILES string of the molecule is CCCCCC1=NN(C(=O)c2ccc(N(C)C)cc2)[C@](O)(C(F)(F)F)C1. The van der Waals surface area contributed by atoms with E-state index in [2.05, 4.69) is 5.10 Å². The zero-order valence-corrected chi connectivity index (χ0v) is 15.2. The molecule has 1 amide bonds. The van der Waals surface area contributed by atoms with Gasteiger partial charge in [-0.25, -0.2) is 0 Å². The molecule has 0 radical (unpaired) electrons. The molecule has 0 saturated heterocycles. The van der Waals surface area contributed by atoms with E-state index in [-0.39, 0.29) is 16.3 Å². The molecular formula is C18H24F3N3O2. The summed E-state index contributed by atoms with van der Waals surface area (Å²) >= 11 is 0. The van der Waals surface area contributed by atoms with Gasteiger partial charge in [0.15, 0.2) is 0 Å². The minimum atomic E-state index is -5.00. The Balaban J connectivity index is 2.29. The summed E-state index contributed by atoms with van der Waals surface area (Å²) in [7, 11) is 3.62. The van der Waals surface area contributed by atoms with Crippen LogP contribution in [0, 0.1) is 0 Å². The number of hydrogen-bond acceptors (Lipinski definition) is 4. The molecule has 1 aromatic carbocycles. The third kappa shape index (κ3) is 4.00. The van der Waals surface area contributed by atoms with Crippen LogP contribution in [0.25, 0.3) is 0 Å². The molecule has 0 aliphatic carbocycles. The van der Waals surface area contributed by atoms with E-state index in [0.717, 1.165) is 18.5 Å². The first-order chi connectivity index (χ1) is 12.1. The largest absolute Gasteiger partial charge is 0.438 e. The number of benzene rings is 1. The van der Waals surface area contributed by atoms with E-state index in [1.807, 2.05) is 21.0 Å². The number of hydrogen-bond donors (Lipinski definition) is 1. The second-order valence-electron chi connectivity index (χ2n) is 6.67. The zero-order chi connectivity index (χ0) is 19.5. The first kappa shape index (κ1) is 20.2. The lowest BCUT2D eigenvalue weighted by atomic mass is 10.0. The molecule has 144 valence electrons. The average molecular weight is 371 g/mol. The highest BCUT2D eigenvalue weighted by Gasteiger charge is 2.63. The summed E-state index contributed by atoms with van der Waals surface area (Å²) in [6.07, 6.45) is -2.94. The number of anilines is 1. The van der Waals surface area contributed by atoms with Crippen LogP contribution in [0.2, 0.25) is 0 Å². The Hall–Kier alpha value is -2.09. The average Bonchev–Trinajstić information content (AvgIpc) is 2.92. The summed E-state index contributed by atoms with van der Waals surface area (Å²) in [5.41, 5.74) is -2.27. The van der Waals surface area contributed by atoms with Crippen molar-refractivity contribution in [3.63, 3.8) is 0 Å². The number of hydrazone groups is 1. The normalized spacial score (nSPS) is 20.3. The van der Waals surface area contributed by atoms with Gasteiger partial charge in [0.05, 0.1) is 0 Å². The first-order valence-electron chi connectivity index (χ1n) is 8.57. The number of alkyl halides is 3. The van der Waals surface area contributed by atoms with Crippen LogP contribution in [0.4, 0.5) is 18.9 Å². The van der Waals surface area contributed by atoms with Gasteiger partial charge in [0.25, 0.3) is 11.6 Å². The molecule has 0 saturated carbocycles. The third-order valence-electron chi connectivity index (χ3n) is 4.39. The van der Waals surface area contributed by atoms with E-state index >= 15 is 0 Å². The summed E-state index contributed by atoms with van der Waals surface area (Å²) in [5, 5.41) is 14.3. The number of amides is 1. The first-order valence-corrected chi connectivity index (χ1v) is 8.57. The molecule has 1 heterocycles. The van der Waals surface area contributed by atoms with Crippen molar-refractivity contribution < 1.29 is 23.1 Å². The second kappa shape index (κ2) is 7.65. The van der Waals surface area contributed by atoms with Gasteiger partial charge in [0.1, 0.15) is 0 Å². The van der Waals surface area contributed by atoms with E-state index < -0.39 is 24.2 Å². The quantitative estimate of drug-likeness (QED) is 0.774. The lowest BCUT2D eigenvalue weighted by Crippen LogP contribution is -2.56. The van der Waals surface area contributed by atoms with Crippen LogP contribution in [0.1, 0.15) is 49.4 Å². The van der Waals surface area contributed by atoms with Crippen LogP contribution in [0.5, 0.6) is 0 Å². The number of nitrogens with zero attached hydrogens (tertiary/aromatic N) is 3. The number of aliphatic hydroxyl groups is 1. The van der Waals surface area contributed by atoms with Crippen molar-refractivity contribution in [2.75, 3.05) is 19.0 Å². The molecule has 1 aromatic rings. The van der Waals surface area contributed by atoms with Crippen molar-refractivity contribution in [3.8, 4) is 0 Å². The van der Waals surface area contributed by atoms with Gasteiger partial charge in [-0.3, -0.25) is 4.79 Å². The summed E-state index contributed by atoms with van der Waals surface area (Å²) in [5.74, 6) is -0.972. The van der Waals surface area contributed by atoms with Crippen molar-refractivity contribution in [1.82, 2.24) is 5.01 Å². The fraction of sp³-hybridized carbons (Fsp3) is 0.556. The van der Waals surface area contributed by atoms with E-state index in [4.69, 9.17) is 0 Å². The molecule has 26 heavy (non-hydrogen) atoms. The monoisotopic (exact) mass is 371 g/mol. The van der Waals surface area contributed by atoms with E-state index in [0.29, 0.717) is 12.8 Å². The number of carbonyl (C=O) groups excluding carboxylic acids is 1. The number of unbranched alkanes of at least 4 members (excludes halogenated alkanes) is 2. The predicted octanol–water partition coefficient (Wildman–Crippen LogP) is 3.79. The molecule has 0 bridgehead atoms. The van der Waals surface area contributed by atoms with Gasteiger partial charge in [-0.1, -0.05) is 19.8 Å². The molecule has 0 unspecified atom stereocenters. The van der Waals surface area contributed by atoms with Gasteiger partial charge in [0, 0.05) is 37.5 Å². The van der Waals surface area contributed by atoms with Gasteiger partial charge in [-0.15, -0.1) is 0 Å². The van der Waals surface area contributed by atoms with Crippen LogP contribution in [0.15, 0.2) is 29.4 Å². The van der Waals surface area contributed by atoms with Crippen molar-refractivity contribution >= 4 is 17.3 Å². The lowest BCUT2D eigenvalue weighted by Gasteiger charge is -2.32. The highest BCUT2D eigenvalue weighted by molar-refractivity contribution is 5.98. The van der Waals surface area contributed by atoms with Gasteiger partial charge in [-0.2, -0.15) is 23.3 Å². The van der Waals surface area contributed by atoms with Crippen molar-refractivity contribution in [3.05, 3.63) is 29.8 Å². The van der Waals surface area contributed by atoms with E-state index in [1.165, 1.54) is 12.1 Å². The molecule has 5 nitrogen and oxygen atoms in total. The van der Waals surface area contributed by atoms with Crippen molar-refractivity contribution in [2.24, 2.45) is 5.10 Å². The molecule has 0 spiro atoms. The summed E-state index contributed by atoms with van der Waals surface area (Å²) in [6, 6.07) is 6.11. The zero-order valence-electron chi connectivity index (χ0n) is 15.2. The standard InChI is InChI=1S/C18H24F3N3O2/c1-4-5-6-7-14-12-17(26,18(19,20)21)24(22-14)16(25)13-8-10-15(11-9-13)23(2)3/h8-11,26H,4-7,12H2,1-3H3/t17-/m1/s1. The molecule has 0 fully saturated rings. The number of rotatable bonds is 6. The Morgan fingerprint density at radius 3 is 2.38 bits per heavy atom. The van der Waals surface area contributed by atoms with Gasteiger partial charge in [-0.05, 0) is 37.1 Å². The van der Waals surface area contributed by atoms with E-state index in [1.54, 1.807) is 17.0 Å². The topological polar surface area (TPSA) is 56.1 Å². The molecule has 1 N–H and O–H groups in total. The predicted molar refractivity (Wildman–Crippen MR) is 94.1 cm³/mol. The maximum Gasteiger partial charge on any atom is 0.438 e. The van der Waals surface area contributed by atoms with Gasteiger partial charge < -0.3 is 10.0 Å². The molecular weight excluding hydrogens is 347 g/mol. The number of carbonyl (C=O) groups is 1. The lowest BCUT2D eigenvalue weighted by molar-refractivity contribution is -0.297. The molecule has 1 aliphatic rings. The minimum absolute atomic E-state index is 0.0387. The number of halogens is 3. The van der Waals surface area contributed by atoms with Crippen LogP contribution in [0.3, 0.4) is 0 Å². The third-order valence-corrected chi connectivity index (χ3v) is 4.39. The summed E-state index contributed by atoms with van der Waals surface area (Å²) in [4.78, 5) is 14.4. The molecule has 1 aliphatic heterocycles. The van der Waals surface area contributed by atoms with Crippen molar-refractivity contribution in [2.45, 2.75) is 50.9 Å². The minimum Gasteiger partial charge on any atom is -0.378 e. The van der Waals surface area contributed by atoms with Crippen LogP contribution < -0.4 is 4.90 Å². The Labute approximate surface area is 151 Å². The van der Waals surface area contributed by atoms with Crippen LogP contribution in [-0.2, 0) is 0 Å². The highest BCUT2D eigenvalue weighted by atomic mass is 19.4. The van der Waals surface area contributed by atoms with Gasteiger partial charge in [0.2, 0.25) is 0 Å². The Kier molecular flexibility index (Phi) is 5.95. The summed E-state index contributed by atoms with van der Waals surface area (Å²) < 4.78 is 40.4. The fourth-order valence-electron chi connectivity index (χ4n) is 2.79. The molecule has 0 aromatic heterocycles. The maximum atomic E-state index is 13.5. The van der Waals surface area contributed by atoms with Crippen LogP contribution >= 0.6 is 0 Å². The van der Waals surface area contributed by atoms with Crippen LogP contribution in [-0.4, -0.2) is 47.7 Å². The smallest absolute Gasteiger partial charge is 0.378 e. The fourth-order valence-corrected chi connectivity index (χ4v) is 2.79. The highest BCUT2D eigenvalue weighted by Crippen LogP contribution is 2.41. The summed E-state index contributed by atoms with van der Waals surface area (Å²) in [6.45, 7) is 1.98.